The Morgan fingerprint density at radius 3 is 2.52 bits per heavy atom. The molecule has 7 heteroatoms. The van der Waals surface area contributed by atoms with E-state index in [1.165, 1.54) is 18.2 Å². The van der Waals surface area contributed by atoms with Crippen LogP contribution in [0.15, 0.2) is 36.4 Å². The molecule has 0 aliphatic carbocycles. The van der Waals surface area contributed by atoms with E-state index in [-0.39, 0.29) is 22.9 Å². The maximum absolute atomic E-state index is 13.3. The van der Waals surface area contributed by atoms with E-state index in [0.29, 0.717) is 5.56 Å². The van der Waals surface area contributed by atoms with Crippen molar-refractivity contribution in [3.63, 3.8) is 0 Å². The molecule has 0 amide bonds. The fraction of sp³-hybridized carbons (Fsp3) is 0.143. The molecule has 112 valence electrons. The molecule has 0 saturated heterocycles. The van der Waals surface area contributed by atoms with Crippen LogP contribution in [-0.2, 0) is 12.7 Å². The Balaban J connectivity index is 2.15. The predicted molar refractivity (Wildman–Crippen MR) is 74.6 cm³/mol. The normalized spacial score (nSPS) is 11.5. The molecule has 21 heavy (non-hydrogen) atoms. The number of rotatable bonds is 3. The Labute approximate surface area is 123 Å². The zero-order valence-corrected chi connectivity index (χ0v) is 11.4. The molecule has 0 fully saturated rings. The van der Waals surface area contributed by atoms with Crippen LogP contribution in [0.3, 0.4) is 0 Å². The van der Waals surface area contributed by atoms with E-state index >= 15 is 0 Å². The molecule has 0 radical (unpaired) electrons. The van der Waals surface area contributed by atoms with E-state index in [1.54, 1.807) is 0 Å². The van der Waals surface area contributed by atoms with Gasteiger partial charge in [-0.3, -0.25) is 0 Å². The number of halogens is 5. The quantitative estimate of drug-likeness (QED) is 0.636. The monoisotopic (exact) mass is 318 g/mol. The molecule has 0 bridgehead atoms. The first-order chi connectivity index (χ1) is 9.77. The summed E-state index contributed by atoms with van der Waals surface area (Å²) in [5, 5.41) is 2.67. The van der Waals surface area contributed by atoms with Gasteiger partial charge >= 0.3 is 6.18 Å². The fourth-order valence-electron chi connectivity index (χ4n) is 1.77. The van der Waals surface area contributed by atoms with Gasteiger partial charge in [0.1, 0.15) is 5.82 Å². The highest BCUT2D eigenvalue weighted by Crippen LogP contribution is 2.30. The van der Waals surface area contributed by atoms with Gasteiger partial charge in [-0.25, -0.2) is 4.39 Å². The van der Waals surface area contributed by atoms with Crippen LogP contribution in [0.5, 0.6) is 0 Å². The molecule has 0 aliphatic rings. The average molecular weight is 319 g/mol. The van der Waals surface area contributed by atoms with Crippen LogP contribution >= 0.6 is 11.6 Å². The number of nitrogen functional groups attached to an aromatic ring is 1. The molecule has 3 N–H and O–H groups in total. The third-order valence-corrected chi connectivity index (χ3v) is 3.12. The topological polar surface area (TPSA) is 38.0 Å². The van der Waals surface area contributed by atoms with E-state index in [9.17, 15) is 17.6 Å². The van der Waals surface area contributed by atoms with E-state index in [0.717, 1.165) is 18.2 Å². The molecule has 0 saturated carbocycles. The molecule has 0 unspecified atom stereocenters. The van der Waals surface area contributed by atoms with Gasteiger partial charge in [-0.05, 0) is 23.8 Å². The van der Waals surface area contributed by atoms with Crippen LogP contribution < -0.4 is 11.1 Å². The highest BCUT2D eigenvalue weighted by atomic mass is 35.5. The van der Waals surface area contributed by atoms with Gasteiger partial charge in [0, 0.05) is 12.6 Å². The largest absolute Gasteiger partial charge is 0.416 e. The van der Waals surface area contributed by atoms with Gasteiger partial charge in [0.25, 0.3) is 0 Å². The second-order valence-corrected chi connectivity index (χ2v) is 4.81. The van der Waals surface area contributed by atoms with Crippen molar-refractivity contribution in [2.75, 3.05) is 11.1 Å². The van der Waals surface area contributed by atoms with Crippen LogP contribution in [0, 0.1) is 5.82 Å². The molecule has 2 aromatic rings. The first-order valence-electron chi connectivity index (χ1n) is 5.92. The van der Waals surface area contributed by atoms with Gasteiger partial charge in [0.05, 0.1) is 22.0 Å². The maximum atomic E-state index is 13.3. The average Bonchev–Trinajstić information content (AvgIpc) is 2.41. The smallest absolute Gasteiger partial charge is 0.397 e. The van der Waals surface area contributed by atoms with Crippen LogP contribution in [0.2, 0.25) is 5.02 Å². The van der Waals surface area contributed by atoms with E-state index in [1.807, 2.05) is 0 Å². The van der Waals surface area contributed by atoms with E-state index < -0.39 is 17.6 Å². The van der Waals surface area contributed by atoms with Crippen molar-refractivity contribution >= 4 is 23.0 Å². The van der Waals surface area contributed by atoms with Crippen molar-refractivity contribution < 1.29 is 17.6 Å². The minimum absolute atomic E-state index is 0.0786. The summed E-state index contributed by atoms with van der Waals surface area (Å²) < 4.78 is 51.1. The van der Waals surface area contributed by atoms with E-state index in [2.05, 4.69) is 5.32 Å². The summed E-state index contributed by atoms with van der Waals surface area (Å²) in [5.74, 6) is -0.655. The minimum atomic E-state index is -4.40. The van der Waals surface area contributed by atoms with Crippen molar-refractivity contribution in [3.05, 3.63) is 58.4 Å². The van der Waals surface area contributed by atoms with Crippen LogP contribution in [0.4, 0.5) is 28.9 Å². The van der Waals surface area contributed by atoms with Gasteiger partial charge < -0.3 is 11.1 Å². The Kier molecular flexibility index (Phi) is 4.27. The molecule has 0 aromatic heterocycles. The summed E-state index contributed by atoms with van der Waals surface area (Å²) in [6.45, 7) is 0.0786. The maximum Gasteiger partial charge on any atom is 0.416 e. The van der Waals surface area contributed by atoms with Crippen LogP contribution in [0.1, 0.15) is 11.1 Å². The predicted octanol–water partition coefficient (Wildman–Crippen LogP) is 4.69. The zero-order chi connectivity index (χ0) is 15.6. The van der Waals surface area contributed by atoms with Gasteiger partial charge in [-0.15, -0.1) is 0 Å². The van der Waals surface area contributed by atoms with Gasteiger partial charge in [-0.2, -0.15) is 13.2 Å². The third-order valence-electron chi connectivity index (χ3n) is 2.83. The first-order valence-corrected chi connectivity index (χ1v) is 6.29. The lowest BCUT2D eigenvalue weighted by Crippen LogP contribution is -2.07. The highest BCUT2D eigenvalue weighted by Gasteiger charge is 2.30. The SMILES string of the molecule is Nc1cc(Cl)c(F)cc1NCc1cccc(C(F)(F)F)c1. The molecule has 0 atom stereocenters. The van der Waals surface area contributed by atoms with Gasteiger partial charge in [0.2, 0.25) is 0 Å². The number of hydrogen-bond acceptors (Lipinski definition) is 2. The number of hydrogen-bond donors (Lipinski definition) is 2. The Morgan fingerprint density at radius 2 is 1.86 bits per heavy atom. The summed E-state index contributed by atoms with van der Waals surface area (Å²) >= 11 is 5.57. The molecular formula is C14H11ClF4N2. The van der Waals surface area contributed by atoms with Crippen LogP contribution in [0.25, 0.3) is 0 Å². The lowest BCUT2D eigenvalue weighted by atomic mass is 10.1. The summed E-state index contributed by atoms with van der Waals surface area (Å²) in [7, 11) is 0. The number of anilines is 2. The molecular weight excluding hydrogens is 308 g/mol. The minimum Gasteiger partial charge on any atom is -0.397 e. The second kappa shape index (κ2) is 5.81. The number of alkyl halides is 3. The van der Waals surface area contributed by atoms with Crippen LogP contribution in [-0.4, -0.2) is 0 Å². The summed E-state index contributed by atoms with van der Waals surface area (Å²) in [4.78, 5) is 0. The Morgan fingerprint density at radius 1 is 1.14 bits per heavy atom. The number of nitrogens with one attached hydrogen (secondary N) is 1. The number of nitrogens with two attached hydrogens (primary N) is 1. The molecule has 2 aromatic carbocycles. The van der Waals surface area contributed by atoms with Crippen molar-refractivity contribution in [2.45, 2.75) is 12.7 Å². The van der Waals surface area contributed by atoms with Crippen molar-refractivity contribution in [1.82, 2.24) is 0 Å². The Bertz CT molecular complexity index is 656. The standard InChI is InChI=1S/C14H11ClF4N2/c15-10-5-12(20)13(6-11(10)16)21-7-8-2-1-3-9(4-8)14(17,18)19/h1-6,21H,7,20H2. The Hall–Kier alpha value is -1.95. The van der Waals surface area contributed by atoms with Crippen molar-refractivity contribution in [1.29, 1.82) is 0 Å². The molecule has 0 aliphatic heterocycles. The summed E-state index contributed by atoms with van der Waals surface area (Å²) in [6, 6.07) is 7.20. The fourth-order valence-corrected chi connectivity index (χ4v) is 1.94. The molecule has 2 nitrogen and oxygen atoms in total. The van der Waals surface area contributed by atoms with Gasteiger partial charge in [-0.1, -0.05) is 23.7 Å². The van der Waals surface area contributed by atoms with Crippen molar-refractivity contribution in [2.24, 2.45) is 0 Å². The highest BCUT2D eigenvalue weighted by molar-refractivity contribution is 6.31. The van der Waals surface area contributed by atoms with Gasteiger partial charge in [0.15, 0.2) is 0 Å². The lowest BCUT2D eigenvalue weighted by molar-refractivity contribution is -0.137. The van der Waals surface area contributed by atoms with E-state index in [4.69, 9.17) is 17.3 Å². The summed E-state index contributed by atoms with van der Waals surface area (Å²) in [6.07, 6.45) is -4.40. The first kappa shape index (κ1) is 15.4. The molecule has 0 spiro atoms. The molecule has 0 heterocycles. The summed E-state index contributed by atoms with van der Waals surface area (Å²) in [5.41, 5.74) is 5.81. The lowest BCUT2D eigenvalue weighted by Gasteiger charge is -2.12. The molecule has 2 rings (SSSR count). The van der Waals surface area contributed by atoms with Crippen molar-refractivity contribution in [3.8, 4) is 0 Å². The zero-order valence-electron chi connectivity index (χ0n) is 10.6. The second-order valence-electron chi connectivity index (χ2n) is 4.41. The number of benzene rings is 2. The third kappa shape index (κ3) is 3.78.